The average Bonchev–Trinajstić information content (AvgIpc) is 3.27. The monoisotopic (exact) mass is 370 g/mol. The molecule has 0 amide bonds. The Hall–Kier alpha value is -2.21. The maximum atomic E-state index is 5.62. The molecule has 0 atom stereocenters. The third kappa shape index (κ3) is 4.75. The van der Waals surface area contributed by atoms with Crippen LogP contribution in [0.15, 0.2) is 28.4 Å². The van der Waals surface area contributed by atoms with Gasteiger partial charge in [-0.1, -0.05) is 36.7 Å². The molecule has 2 aromatic rings. The SMILES string of the molecule is CC(C)=C/C=C(\C)c1noc(-c2cnn(CC(C)C)c2C2CCOCC2)n1. The molecule has 0 saturated carbocycles. The van der Waals surface area contributed by atoms with Gasteiger partial charge in [-0.3, -0.25) is 4.68 Å². The van der Waals surface area contributed by atoms with E-state index in [0.717, 1.165) is 43.7 Å². The highest BCUT2D eigenvalue weighted by atomic mass is 16.5. The lowest BCUT2D eigenvalue weighted by atomic mass is 9.93. The highest BCUT2D eigenvalue weighted by molar-refractivity contribution is 5.63. The maximum Gasteiger partial charge on any atom is 0.261 e. The molecule has 1 saturated heterocycles. The van der Waals surface area contributed by atoms with E-state index in [-0.39, 0.29) is 0 Å². The predicted octanol–water partition coefficient (Wildman–Crippen LogP) is 4.85. The Morgan fingerprint density at radius 2 is 1.96 bits per heavy atom. The van der Waals surface area contributed by atoms with Crippen molar-refractivity contribution in [3.05, 3.63) is 35.4 Å². The zero-order chi connectivity index (χ0) is 19.4. The summed E-state index contributed by atoms with van der Waals surface area (Å²) in [7, 11) is 0. The number of aromatic nitrogens is 4. The van der Waals surface area contributed by atoms with E-state index in [1.165, 1.54) is 11.3 Å². The van der Waals surface area contributed by atoms with Gasteiger partial charge < -0.3 is 9.26 Å². The molecule has 0 aliphatic carbocycles. The molecule has 0 bridgehead atoms. The van der Waals surface area contributed by atoms with Crippen molar-refractivity contribution in [2.45, 2.75) is 59.9 Å². The summed E-state index contributed by atoms with van der Waals surface area (Å²) in [5, 5.41) is 8.83. The Balaban J connectivity index is 1.95. The van der Waals surface area contributed by atoms with Crippen LogP contribution in [0.1, 0.15) is 64.9 Å². The summed E-state index contributed by atoms with van der Waals surface area (Å²) >= 11 is 0. The fourth-order valence-electron chi connectivity index (χ4n) is 3.31. The van der Waals surface area contributed by atoms with E-state index >= 15 is 0 Å². The van der Waals surface area contributed by atoms with Gasteiger partial charge in [0.2, 0.25) is 0 Å². The first kappa shape index (κ1) is 19.5. The summed E-state index contributed by atoms with van der Waals surface area (Å²) in [6.45, 7) is 13.0. The highest BCUT2D eigenvalue weighted by Crippen LogP contribution is 2.35. The standard InChI is InChI=1S/C21H30N4O2/c1-14(2)6-7-16(5)20-23-21(27-24-20)18-12-22-25(13-15(3)4)19(18)17-8-10-26-11-9-17/h6-7,12,15,17H,8-11,13H2,1-5H3/b16-7+. The number of rotatable bonds is 6. The molecule has 6 nitrogen and oxygen atoms in total. The topological polar surface area (TPSA) is 66.0 Å². The fraction of sp³-hybridized carbons (Fsp3) is 0.571. The van der Waals surface area contributed by atoms with Gasteiger partial charge in [-0.15, -0.1) is 0 Å². The third-order valence-electron chi connectivity index (χ3n) is 4.70. The van der Waals surface area contributed by atoms with Gasteiger partial charge in [0.05, 0.1) is 17.5 Å². The van der Waals surface area contributed by atoms with Gasteiger partial charge in [0.1, 0.15) is 0 Å². The van der Waals surface area contributed by atoms with Gasteiger partial charge in [0, 0.05) is 25.7 Å². The minimum atomic E-state index is 0.410. The molecule has 0 aromatic carbocycles. The third-order valence-corrected chi connectivity index (χ3v) is 4.70. The smallest absolute Gasteiger partial charge is 0.261 e. The maximum absolute atomic E-state index is 5.62. The average molecular weight is 370 g/mol. The lowest BCUT2D eigenvalue weighted by molar-refractivity contribution is 0.0834. The van der Waals surface area contributed by atoms with Crippen LogP contribution in [0.3, 0.4) is 0 Å². The molecule has 1 aliphatic heterocycles. The van der Waals surface area contributed by atoms with Crippen LogP contribution in [-0.2, 0) is 11.3 Å². The summed E-state index contributed by atoms with van der Waals surface area (Å²) in [4.78, 5) is 4.65. The van der Waals surface area contributed by atoms with Crippen LogP contribution in [0.25, 0.3) is 17.0 Å². The Bertz CT molecular complexity index is 819. The van der Waals surface area contributed by atoms with Crippen LogP contribution in [0.5, 0.6) is 0 Å². The zero-order valence-electron chi connectivity index (χ0n) is 17.0. The van der Waals surface area contributed by atoms with Crippen molar-refractivity contribution in [1.82, 2.24) is 19.9 Å². The van der Waals surface area contributed by atoms with Crippen molar-refractivity contribution < 1.29 is 9.26 Å². The highest BCUT2D eigenvalue weighted by Gasteiger charge is 2.27. The van der Waals surface area contributed by atoms with Crippen molar-refractivity contribution in [2.24, 2.45) is 5.92 Å². The lowest BCUT2D eigenvalue weighted by Gasteiger charge is -2.24. The van der Waals surface area contributed by atoms with E-state index in [1.54, 1.807) is 0 Å². The zero-order valence-corrected chi connectivity index (χ0v) is 17.0. The van der Waals surface area contributed by atoms with Crippen LogP contribution in [0.2, 0.25) is 0 Å². The minimum Gasteiger partial charge on any atom is -0.381 e. The molecule has 0 radical (unpaired) electrons. The van der Waals surface area contributed by atoms with Crippen molar-refractivity contribution >= 4 is 5.57 Å². The van der Waals surface area contributed by atoms with E-state index in [2.05, 4.69) is 53.7 Å². The second-order valence-corrected chi connectivity index (χ2v) is 7.92. The van der Waals surface area contributed by atoms with E-state index in [1.807, 2.05) is 19.2 Å². The first-order chi connectivity index (χ1) is 13.0. The Morgan fingerprint density at radius 3 is 2.63 bits per heavy atom. The van der Waals surface area contributed by atoms with Crippen LogP contribution >= 0.6 is 0 Å². The number of nitrogens with zero attached hydrogens (tertiary/aromatic N) is 4. The molecule has 3 rings (SSSR count). The van der Waals surface area contributed by atoms with Gasteiger partial charge in [-0.2, -0.15) is 10.1 Å². The summed E-state index contributed by atoms with van der Waals surface area (Å²) < 4.78 is 13.3. The molecular formula is C21H30N4O2. The van der Waals surface area contributed by atoms with Crippen molar-refractivity contribution in [3.63, 3.8) is 0 Å². The van der Waals surface area contributed by atoms with E-state index in [9.17, 15) is 0 Å². The van der Waals surface area contributed by atoms with Crippen molar-refractivity contribution in [3.8, 4) is 11.5 Å². The Kier molecular flexibility index (Phi) is 6.26. The molecule has 6 heteroatoms. The normalized spacial score (nSPS) is 16.1. The molecule has 0 N–H and O–H groups in total. The van der Waals surface area contributed by atoms with Crippen molar-refractivity contribution in [2.75, 3.05) is 13.2 Å². The number of ether oxygens (including phenoxy) is 1. The van der Waals surface area contributed by atoms with Gasteiger partial charge in [-0.25, -0.2) is 0 Å². The number of hydrogen-bond acceptors (Lipinski definition) is 5. The summed E-state index contributed by atoms with van der Waals surface area (Å²) in [6.07, 6.45) is 7.94. The minimum absolute atomic E-state index is 0.410. The molecular weight excluding hydrogens is 340 g/mol. The summed E-state index contributed by atoms with van der Waals surface area (Å²) in [5.74, 6) is 2.10. The first-order valence-corrected chi connectivity index (χ1v) is 9.75. The number of hydrogen-bond donors (Lipinski definition) is 0. The largest absolute Gasteiger partial charge is 0.381 e. The predicted molar refractivity (Wildman–Crippen MR) is 106 cm³/mol. The molecule has 1 aliphatic rings. The van der Waals surface area contributed by atoms with E-state index in [4.69, 9.17) is 9.26 Å². The van der Waals surface area contributed by atoms with Crippen LogP contribution in [0, 0.1) is 5.92 Å². The molecule has 2 aromatic heterocycles. The fourth-order valence-corrected chi connectivity index (χ4v) is 3.31. The summed E-state index contributed by atoms with van der Waals surface area (Å²) in [6, 6.07) is 0. The molecule has 0 unspecified atom stereocenters. The quantitative estimate of drug-likeness (QED) is 0.680. The second-order valence-electron chi connectivity index (χ2n) is 7.92. The Morgan fingerprint density at radius 1 is 1.22 bits per heavy atom. The van der Waals surface area contributed by atoms with Crippen LogP contribution < -0.4 is 0 Å². The summed E-state index contributed by atoms with van der Waals surface area (Å²) in [5.41, 5.74) is 4.37. The lowest BCUT2D eigenvalue weighted by Crippen LogP contribution is -2.19. The second kappa shape index (κ2) is 8.65. The molecule has 3 heterocycles. The molecule has 27 heavy (non-hydrogen) atoms. The van der Waals surface area contributed by atoms with Crippen molar-refractivity contribution in [1.29, 1.82) is 0 Å². The first-order valence-electron chi connectivity index (χ1n) is 9.75. The van der Waals surface area contributed by atoms with Crippen LogP contribution in [-0.4, -0.2) is 33.1 Å². The molecule has 146 valence electrons. The molecule has 0 spiro atoms. The van der Waals surface area contributed by atoms with E-state index in [0.29, 0.717) is 23.6 Å². The van der Waals surface area contributed by atoms with Crippen LogP contribution in [0.4, 0.5) is 0 Å². The van der Waals surface area contributed by atoms with Gasteiger partial charge >= 0.3 is 0 Å². The molecule has 1 fully saturated rings. The van der Waals surface area contributed by atoms with Gasteiger partial charge in [0.15, 0.2) is 5.82 Å². The van der Waals surface area contributed by atoms with Gasteiger partial charge in [-0.05, 0) is 45.1 Å². The number of allylic oxidation sites excluding steroid dienone is 4. The Labute approximate surface area is 161 Å². The van der Waals surface area contributed by atoms with Gasteiger partial charge in [0.25, 0.3) is 5.89 Å². The van der Waals surface area contributed by atoms with E-state index < -0.39 is 0 Å².